The molecule has 65 heavy (non-hydrogen) atoms. The number of carboxylic acids is 1. The van der Waals surface area contributed by atoms with Crippen molar-refractivity contribution < 1.29 is 43.8 Å². The quantitative estimate of drug-likeness (QED) is 0.155. The van der Waals surface area contributed by atoms with Gasteiger partial charge in [-0.05, 0) is 253 Å². The van der Waals surface area contributed by atoms with Crippen LogP contribution < -0.4 is 20.2 Å². The molecule has 0 aromatic heterocycles. The summed E-state index contributed by atoms with van der Waals surface area (Å²) in [4.78, 5) is 38.2. The first-order valence-corrected chi connectivity index (χ1v) is 22.1. The Morgan fingerprint density at radius 2 is 0.908 bits per heavy atom. The zero-order valence-electron chi connectivity index (χ0n) is 34.3. The molecule has 0 aromatic carbocycles. The van der Waals surface area contributed by atoms with Crippen molar-refractivity contribution in [2.24, 2.45) is 23.7 Å². The van der Waals surface area contributed by atoms with Crippen LogP contribution in [-0.2, 0) is 23.6 Å². The first-order chi connectivity index (χ1) is 31.5. The van der Waals surface area contributed by atoms with Crippen LogP contribution in [0.5, 0.6) is 0 Å². The van der Waals surface area contributed by atoms with E-state index in [2.05, 4.69) is 241 Å². The van der Waals surface area contributed by atoms with Gasteiger partial charge in [-0.25, -0.2) is 0 Å². The van der Waals surface area contributed by atoms with Gasteiger partial charge in [0, 0.05) is 24.8 Å². The van der Waals surface area contributed by atoms with Crippen LogP contribution in [0.2, 0.25) is 0 Å². The Hall–Kier alpha value is -9.07. The van der Waals surface area contributed by atoms with E-state index in [1.54, 1.807) is 13.8 Å². The summed E-state index contributed by atoms with van der Waals surface area (Å²) in [6, 6.07) is 0. The standard InChI is InChI=1S/C54H28O9P2/c1-4-7-10-13-16-19-22-24-27-28-31-34-37-41-49-43-40-44-50(42-38-35-32-29-26-23-20-17-14-11-8-5-2)48-53(64(58,63-62-57)65(59,60)61)51(47-46-49)52(54(55)56)45-39-36-33-30-25-21-18-15-12-9-6-3/h2,49-53,57H,40,43-44,46-48H2,1,3H3,(H,55,56)(H2,59,60,61)/p-4. The van der Waals surface area contributed by atoms with Crippen molar-refractivity contribution in [3.05, 3.63) is 0 Å². The van der Waals surface area contributed by atoms with Gasteiger partial charge in [-0.15, -0.1) is 6.42 Å². The lowest BCUT2D eigenvalue weighted by Crippen LogP contribution is -2.42. The van der Waals surface area contributed by atoms with Crippen molar-refractivity contribution in [1.29, 1.82) is 0 Å². The number of terminal acetylenes is 1. The van der Waals surface area contributed by atoms with Crippen LogP contribution in [0.25, 0.3) is 0 Å². The normalized spacial score (nSPS) is 15.3. The van der Waals surface area contributed by atoms with E-state index < -0.39 is 56.1 Å². The predicted octanol–water partition coefficient (Wildman–Crippen LogP) is -0.00820. The van der Waals surface area contributed by atoms with Crippen molar-refractivity contribution >= 4 is 20.3 Å². The van der Waals surface area contributed by atoms with Gasteiger partial charge < -0.3 is 29.5 Å². The summed E-state index contributed by atoms with van der Waals surface area (Å²) in [6.07, 6.45) is 5.18. The molecule has 1 aliphatic rings. The summed E-state index contributed by atoms with van der Waals surface area (Å²) in [5.74, 6) is 89.5. The van der Waals surface area contributed by atoms with E-state index in [0.717, 1.165) is 0 Å². The molecule has 0 heterocycles. The highest BCUT2D eigenvalue weighted by atomic mass is 32.1. The lowest BCUT2D eigenvalue weighted by atomic mass is 9.78. The number of aliphatic carboxylic acids is 1. The van der Waals surface area contributed by atoms with Gasteiger partial charge in [-0.2, -0.15) is 4.67 Å². The second-order valence-corrected chi connectivity index (χ2v) is 17.6. The minimum absolute atomic E-state index is 0.0416. The highest BCUT2D eigenvalue weighted by molar-refractivity contribution is 8.28. The molecule has 1 saturated carbocycles. The minimum atomic E-state index is -6.39. The maximum Gasteiger partial charge on any atom is 0.263 e. The van der Waals surface area contributed by atoms with Crippen LogP contribution in [0.15, 0.2) is 0 Å². The smallest absolute Gasteiger partial charge is 0.263 e. The number of hydrogen-bond donors (Lipinski definition) is 0. The van der Waals surface area contributed by atoms with E-state index in [9.17, 15) is 34.1 Å². The Morgan fingerprint density at radius 3 is 1.29 bits per heavy atom. The zero-order chi connectivity index (χ0) is 47.7. The number of carbonyl (C=O) groups is 1. The lowest BCUT2D eigenvalue weighted by molar-refractivity contribution is -0.779. The number of carboxylic acid groups (broad SMARTS) is 1. The van der Waals surface area contributed by atoms with Gasteiger partial charge in [-0.1, -0.05) is 36.0 Å². The van der Waals surface area contributed by atoms with Gasteiger partial charge in [-0.3, -0.25) is 9.60 Å². The topological polar surface area (TPSA) is 162 Å². The number of hydrogen-bond acceptors (Lipinski definition) is 9. The van der Waals surface area contributed by atoms with Gasteiger partial charge in [0.25, 0.3) is 7.06 Å². The molecule has 1 rings (SSSR count). The third kappa shape index (κ3) is 24.7. The third-order valence-corrected chi connectivity index (χ3v) is 13.1. The van der Waals surface area contributed by atoms with Crippen molar-refractivity contribution in [2.45, 2.75) is 58.0 Å². The highest BCUT2D eigenvalue weighted by Crippen LogP contribution is 2.78. The molecule has 0 N–H and O–H groups in total. The van der Waals surface area contributed by atoms with Crippen LogP contribution in [0.1, 0.15) is 52.4 Å². The van der Waals surface area contributed by atoms with Crippen LogP contribution in [0.4, 0.5) is 0 Å². The van der Waals surface area contributed by atoms with E-state index in [1.807, 2.05) is 0 Å². The maximum absolute atomic E-state index is 14.2. The molecular weight excluding hydrogens is 855 g/mol. The molecule has 0 bridgehead atoms. The van der Waals surface area contributed by atoms with Crippen LogP contribution in [0.3, 0.4) is 0 Å². The monoisotopic (exact) mass is 878 g/mol. The second kappa shape index (κ2) is 34.6. The Balaban J connectivity index is 3.89. The van der Waals surface area contributed by atoms with E-state index >= 15 is 0 Å². The average Bonchev–Trinajstić information content (AvgIpc) is 3.27. The molecule has 6 unspecified atom stereocenters. The molecular formula is C54H24O9P2-4. The largest absolute Gasteiger partial charge is 0.804 e. The van der Waals surface area contributed by atoms with E-state index in [-0.39, 0.29) is 19.3 Å². The summed E-state index contributed by atoms with van der Waals surface area (Å²) < 4.78 is 31.1. The molecule has 1 fully saturated rings. The SMILES string of the molecule is C#CC#CC#CC#CC#CC#CC#CC1CCCC(C#CC#CC#CC#CC#CC#CC#CC)CCC(C(C#CC#CC#CC#CC#CC#CC)C(=O)[O-])C(P(=O)(OO[O-])P(=O)([O-])[O-])C1. The molecule has 0 radical (unpaired) electrons. The van der Waals surface area contributed by atoms with E-state index in [0.29, 0.717) is 12.8 Å². The molecule has 0 spiro atoms. The predicted molar refractivity (Wildman–Crippen MR) is 236 cm³/mol. The summed E-state index contributed by atoms with van der Waals surface area (Å²) in [6.45, 7) is 3.24. The first kappa shape index (κ1) is 53.9. The van der Waals surface area contributed by atoms with Gasteiger partial charge >= 0.3 is 0 Å². The molecule has 0 aromatic rings. The van der Waals surface area contributed by atoms with Crippen LogP contribution >= 0.6 is 14.3 Å². The molecule has 6 atom stereocenters. The summed E-state index contributed by atoms with van der Waals surface area (Å²) in [5, 5.41) is 27.4. The van der Waals surface area contributed by atoms with Crippen molar-refractivity contribution in [3.63, 3.8) is 0 Å². The fraction of sp³-hybridized carbons (Fsp3) is 0.241. The highest BCUT2D eigenvalue weighted by Gasteiger charge is 2.47. The van der Waals surface area contributed by atoms with Gasteiger partial charge in [0.2, 0.25) is 0 Å². The molecule has 0 saturated heterocycles. The Bertz CT molecular complexity index is 3280. The van der Waals surface area contributed by atoms with E-state index in [4.69, 9.17) is 6.42 Å². The number of carbonyl (C=O) groups excluding carboxylic acids is 1. The van der Waals surface area contributed by atoms with Gasteiger partial charge in [0.1, 0.15) is 0 Å². The lowest BCUT2D eigenvalue weighted by Gasteiger charge is -2.45. The summed E-state index contributed by atoms with van der Waals surface area (Å²) in [5.41, 5.74) is -2.02. The van der Waals surface area contributed by atoms with Gasteiger partial charge in [0.05, 0.1) is 11.9 Å². The fourth-order valence-electron chi connectivity index (χ4n) is 5.02. The first-order valence-electron chi connectivity index (χ1n) is 18.2. The molecule has 1 aliphatic carbocycles. The molecule has 308 valence electrons. The molecule has 0 amide bonds. The Labute approximate surface area is 381 Å². The third-order valence-electron chi connectivity index (χ3n) is 7.53. The van der Waals surface area contributed by atoms with Gasteiger partial charge in [0.15, 0.2) is 0 Å². The van der Waals surface area contributed by atoms with Crippen LogP contribution in [0, 0.1) is 261 Å². The summed E-state index contributed by atoms with van der Waals surface area (Å²) in [7, 11) is -12.2. The number of rotatable bonds is 6. The molecule has 9 nitrogen and oxygen atoms in total. The average molecular weight is 879 g/mol. The Kier molecular flexibility index (Phi) is 28.7. The van der Waals surface area contributed by atoms with E-state index in [1.165, 1.54) is 0 Å². The fourth-order valence-corrected chi connectivity index (χ4v) is 9.20. The molecule has 11 heteroatoms. The van der Waals surface area contributed by atoms with Crippen molar-refractivity contribution in [2.75, 3.05) is 0 Å². The van der Waals surface area contributed by atoms with Crippen LogP contribution in [-0.4, -0.2) is 11.6 Å². The maximum atomic E-state index is 14.2. The summed E-state index contributed by atoms with van der Waals surface area (Å²) >= 11 is 0. The van der Waals surface area contributed by atoms with Crippen molar-refractivity contribution in [3.8, 4) is 237 Å². The Morgan fingerprint density at radius 1 is 0.538 bits per heavy atom. The zero-order valence-corrected chi connectivity index (χ0v) is 36.1. The second-order valence-electron chi connectivity index (χ2n) is 11.5. The minimum Gasteiger partial charge on any atom is -0.804 e. The van der Waals surface area contributed by atoms with Crippen molar-refractivity contribution in [1.82, 2.24) is 0 Å². The molecule has 0 aliphatic heterocycles.